The van der Waals surface area contributed by atoms with Crippen LogP contribution in [0.2, 0.25) is 0 Å². The highest BCUT2D eigenvalue weighted by Gasteiger charge is 2.08. The first-order chi connectivity index (χ1) is 8.65. The first-order valence-electron chi connectivity index (χ1n) is 5.12. The fourth-order valence-electron chi connectivity index (χ4n) is 1.37. The van der Waals surface area contributed by atoms with Crippen molar-refractivity contribution in [3.63, 3.8) is 0 Å². The highest BCUT2D eigenvalue weighted by atomic mass is 127. The average Bonchev–Trinajstić information content (AvgIpc) is 2.84. The largest absolute Gasteiger partial charge is 0.350 e. The molecule has 0 aliphatic rings. The summed E-state index contributed by atoms with van der Waals surface area (Å²) in [7, 11) is 0. The first-order valence-corrected chi connectivity index (χ1v) is 7.72. The van der Waals surface area contributed by atoms with Crippen LogP contribution in [-0.2, 0) is 17.8 Å². The van der Waals surface area contributed by atoms with E-state index in [0.717, 1.165) is 31.0 Å². The normalized spacial score (nSPS) is 10.3. The third kappa shape index (κ3) is 3.99. The van der Waals surface area contributed by atoms with Crippen molar-refractivity contribution in [1.29, 1.82) is 0 Å². The third-order valence-corrected chi connectivity index (χ3v) is 4.19. The summed E-state index contributed by atoms with van der Waals surface area (Å²) < 4.78 is 9.98. The third-order valence-electron chi connectivity index (χ3n) is 2.23. The monoisotopic (exact) mass is 437 g/mol. The number of hydrogen-bond donors (Lipinski definition) is 1. The number of halogens is 2. The number of benzene rings is 1. The lowest BCUT2D eigenvalue weighted by Gasteiger charge is -2.06. The maximum absolute atomic E-state index is 11.8. The summed E-state index contributed by atoms with van der Waals surface area (Å²) in [5, 5.41) is 2.82. The average molecular weight is 438 g/mol. The molecule has 0 spiro atoms. The van der Waals surface area contributed by atoms with Crippen molar-refractivity contribution >= 4 is 56.2 Å². The Morgan fingerprint density at radius 2 is 2.33 bits per heavy atom. The number of nitrogens with zero attached hydrogens (tertiary/aromatic N) is 2. The van der Waals surface area contributed by atoms with Gasteiger partial charge < -0.3 is 5.32 Å². The topological polar surface area (TPSA) is 54.9 Å². The van der Waals surface area contributed by atoms with Crippen molar-refractivity contribution in [2.24, 2.45) is 0 Å². The van der Waals surface area contributed by atoms with E-state index >= 15 is 0 Å². The van der Waals surface area contributed by atoms with Gasteiger partial charge in [0.05, 0.1) is 36.6 Å². The van der Waals surface area contributed by atoms with Crippen molar-refractivity contribution in [2.75, 3.05) is 0 Å². The van der Waals surface area contributed by atoms with Gasteiger partial charge in [0.1, 0.15) is 0 Å². The summed E-state index contributed by atoms with van der Waals surface area (Å²) in [6.45, 7) is 0.427. The van der Waals surface area contributed by atoms with Gasteiger partial charge in [-0.15, -0.1) is 0 Å². The summed E-state index contributed by atoms with van der Waals surface area (Å²) in [6.07, 6.45) is 2.02. The molecule has 1 N–H and O–H groups in total. The smallest absolute Gasteiger partial charge is 0.224 e. The number of carbonyl (C=O) groups is 1. The van der Waals surface area contributed by atoms with Gasteiger partial charge in [0.15, 0.2) is 0 Å². The maximum Gasteiger partial charge on any atom is 0.224 e. The highest BCUT2D eigenvalue weighted by molar-refractivity contribution is 14.1. The minimum absolute atomic E-state index is 0.0225. The zero-order valence-corrected chi connectivity index (χ0v) is 13.8. The van der Waals surface area contributed by atoms with Crippen molar-refractivity contribution in [3.8, 4) is 0 Å². The lowest BCUT2D eigenvalue weighted by atomic mass is 10.1. The zero-order valence-electron chi connectivity index (χ0n) is 9.19. The van der Waals surface area contributed by atoms with Crippen LogP contribution >= 0.6 is 50.2 Å². The van der Waals surface area contributed by atoms with Gasteiger partial charge in [-0.2, -0.15) is 8.75 Å². The van der Waals surface area contributed by atoms with Crippen LogP contribution in [-0.4, -0.2) is 14.7 Å². The molecule has 0 unspecified atom stereocenters. The Bertz CT molecular complexity index is 547. The molecular formula is C11H9BrIN3OS. The van der Waals surface area contributed by atoms with Crippen molar-refractivity contribution in [2.45, 2.75) is 13.0 Å². The molecule has 0 bridgehead atoms. The Hall–Kier alpha value is -0.540. The number of hydrogen-bond acceptors (Lipinski definition) is 4. The molecule has 0 atom stereocenters. The molecule has 2 rings (SSSR count). The van der Waals surface area contributed by atoms with Crippen LogP contribution < -0.4 is 5.32 Å². The molecule has 1 heterocycles. The zero-order chi connectivity index (χ0) is 13.0. The fourth-order valence-corrected chi connectivity index (χ4v) is 2.74. The summed E-state index contributed by atoms with van der Waals surface area (Å²) in [5.41, 5.74) is 1.77. The molecule has 2 aromatic rings. The molecule has 0 saturated carbocycles. The second-order valence-electron chi connectivity index (χ2n) is 3.59. The summed E-state index contributed by atoms with van der Waals surface area (Å²) in [5.74, 6) is -0.0225. The number of nitrogens with one attached hydrogen (secondary N) is 1. The van der Waals surface area contributed by atoms with Crippen LogP contribution in [0.15, 0.2) is 28.9 Å². The van der Waals surface area contributed by atoms with Crippen molar-refractivity contribution < 1.29 is 4.79 Å². The SMILES string of the molecule is O=C(Cc1cc(I)ccc1Br)NCc1cnsn1. The molecule has 0 saturated heterocycles. The van der Waals surface area contributed by atoms with Crippen LogP contribution in [0.1, 0.15) is 11.3 Å². The number of aromatic nitrogens is 2. The van der Waals surface area contributed by atoms with E-state index in [1.807, 2.05) is 18.2 Å². The van der Waals surface area contributed by atoms with E-state index in [2.05, 4.69) is 52.6 Å². The minimum Gasteiger partial charge on any atom is -0.350 e. The van der Waals surface area contributed by atoms with Crippen LogP contribution in [0, 0.1) is 3.57 Å². The Balaban J connectivity index is 1.92. The molecule has 1 aromatic carbocycles. The van der Waals surface area contributed by atoms with Gasteiger partial charge in [-0.25, -0.2) is 0 Å². The van der Waals surface area contributed by atoms with Gasteiger partial charge in [0.2, 0.25) is 5.91 Å². The molecule has 18 heavy (non-hydrogen) atoms. The number of carbonyl (C=O) groups excluding carboxylic acids is 1. The number of amides is 1. The van der Waals surface area contributed by atoms with E-state index in [9.17, 15) is 4.79 Å². The molecule has 94 valence electrons. The van der Waals surface area contributed by atoms with Gasteiger partial charge >= 0.3 is 0 Å². The van der Waals surface area contributed by atoms with Gasteiger partial charge in [0, 0.05) is 8.04 Å². The molecule has 1 amide bonds. The van der Waals surface area contributed by atoms with Crippen molar-refractivity contribution in [1.82, 2.24) is 14.1 Å². The molecule has 0 radical (unpaired) electrons. The van der Waals surface area contributed by atoms with E-state index < -0.39 is 0 Å². The van der Waals surface area contributed by atoms with E-state index in [-0.39, 0.29) is 5.91 Å². The van der Waals surface area contributed by atoms with Crippen LogP contribution in [0.5, 0.6) is 0 Å². The second-order valence-corrected chi connectivity index (χ2v) is 6.24. The maximum atomic E-state index is 11.8. The van der Waals surface area contributed by atoms with Crippen LogP contribution in [0.25, 0.3) is 0 Å². The van der Waals surface area contributed by atoms with E-state index in [1.54, 1.807) is 6.20 Å². The van der Waals surface area contributed by atoms with Gasteiger partial charge in [-0.05, 0) is 46.4 Å². The van der Waals surface area contributed by atoms with Crippen LogP contribution in [0.4, 0.5) is 0 Å². The molecule has 0 fully saturated rings. The summed E-state index contributed by atoms with van der Waals surface area (Å²) in [6, 6.07) is 5.94. The molecule has 0 aliphatic heterocycles. The standard InChI is InChI=1S/C11H9BrIN3OS/c12-10-2-1-8(13)3-7(10)4-11(17)14-5-9-6-15-18-16-9/h1-3,6H,4-5H2,(H,14,17). The summed E-state index contributed by atoms with van der Waals surface area (Å²) in [4.78, 5) is 11.8. The Labute approximate surface area is 131 Å². The molecular weight excluding hydrogens is 429 g/mol. The van der Waals surface area contributed by atoms with E-state index in [4.69, 9.17) is 0 Å². The first kappa shape index (κ1) is 13.9. The van der Waals surface area contributed by atoms with Gasteiger partial charge in [0.25, 0.3) is 0 Å². The lowest BCUT2D eigenvalue weighted by molar-refractivity contribution is -0.120. The predicted octanol–water partition coefficient (Wildman–Crippen LogP) is 2.76. The van der Waals surface area contributed by atoms with Gasteiger partial charge in [-0.3, -0.25) is 4.79 Å². The Morgan fingerprint density at radius 3 is 3.06 bits per heavy atom. The second kappa shape index (κ2) is 6.58. The molecule has 1 aromatic heterocycles. The van der Waals surface area contributed by atoms with E-state index in [1.165, 1.54) is 0 Å². The van der Waals surface area contributed by atoms with E-state index in [0.29, 0.717) is 13.0 Å². The quantitative estimate of drug-likeness (QED) is 0.748. The predicted molar refractivity (Wildman–Crippen MR) is 82.3 cm³/mol. The van der Waals surface area contributed by atoms with Crippen molar-refractivity contribution in [3.05, 3.63) is 43.7 Å². The Kier molecular flexibility index (Phi) is 5.07. The number of rotatable bonds is 4. The Morgan fingerprint density at radius 1 is 1.50 bits per heavy atom. The molecule has 7 heteroatoms. The highest BCUT2D eigenvalue weighted by Crippen LogP contribution is 2.19. The summed E-state index contributed by atoms with van der Waals surface area (Å²) >= 11 is 6.81. The minimum atomic E-state index is -0.0225. The molecule has 0 aliphatic carbocycles. The lowest BCUT2D eigenvalue weighted by Crippen LogP contribution is -2.24. The molecule has 4 nitrogen and oxygen atoms in total. The van der Waals surface area contributed by atoms with Crippen LogP contribution in [0.3, 0.4) is 0 Å². The van der Waals surface area contributed by atoms with Gasteiger partial charge in [-0.1, -0.05) is 15.9 Å². The fraction of sp³-hybridized carbons (Fsp3) is 0.182.